The van der Waals surface area contributed by atoms with Crippen LogP contribution in [0.2, 0.25) is 0 Å². The predicted octanol–water partition coefficient (Wildman–Crippen LogP) is 3.44. The molecule has 0 saturated carbocycles. The zero-order valence-electron chi connectivity index (χ0n) is 10.4. The van der Waals surface area contributed by atoms with Crippen molar-refractivity contribution in [3.05, 3.63) is 54.9 Å². The van der Waals surface area contributed by atoms with Gasteiger partial charge in [0.2, 0.25) is 0 Å². The minimum atomic E-state index is -0.620. The third kappa shape index (κ3) is 4.36. The molecule has 0 spiro atoms. The van der Waals surface area contributed by atoms with Crippen molar-refractivity contribution in [2.75, 3.05) is 0 Å². The lowest BCUT2D eigenvalue weighted by molar-refractivity contribution is -0.402. The molecule has 21 heavy (non-hydrogen) atoms. The normalized spacial score (nSPS) is 11.3. The van der Waals surface area contributed by atoms with Gasteiger partial charge in [0.05, 0.1) is 14.7 Å². The average molecular weight is 370 g/mol. The van der Waals surface area contributed by atoms with Crippen molar-refractivity contribution in [1.82, 2.24) is 5.43 Å². The van der Waals surface area contributed by atoms with Gasteiger partial charge in [-0.1, -0.05) is 0 Å². The largest absolute Gasteiger partial charge is 0.433 e. The van der Waals surface area contributed by atoms with Crippen molar-refractivity contribution in [3.8, 4) is 0 Å². The van der Waals surface area contributed by atoms with E-state index in [1.54, 1.807) is 12.1 Å². The molecule has 108 valence electrons. The lowest BCUT2D eigenvalue weighted by Gasteiger charge is -1.93. The lowest BCUT2D eigenvalue weighted by atomic mass is 10.4. The summed E-state index contributed by atoms with van der Waals surface area (Å²) in [7, 11) is 0. The van der Waals surface area contributed by atoms with E-state index in [0.29, 0.717) is 10.6 Å². The molecule has 2 heterocycles. The highest BCUT2D eigenvalue weighted by Crippen LogP contribution is 2.21. The molecule has 1 N–H and O–H groups in total. The molecular weight excluding hydrogens is 362 g/mol. The van der Waals surface area contributed by atoms with Crippen molar-refractivity contribution in [2.45, 2.75) is 0 Å². The summed E-state index contributed by atoms with van der Waals surface area (Å²) in [6.45, 7) is 0. The van der Waals surface area contributed by atoms with Gasteiger partial charge in [0.25, 0.3) is 5.91 Å². The average Bonchev–Trinajstić information content (AvgIpc) is 3.07. The molecule has 0 atom stereocenters. The second-order valence-corrected chi connectivity index (χ2v) is 6.08. The monoisotopic (exact) mass is 369 g/mol. The summed E-state index contributed by atoms with van der Waals surface area (Å²) < 4.78 is 5.76. The third-order valence-corrected chi connectivity index (χ3v) is 3.80. The van der Waals surface area contributed by atoms with Crippen molar-refractivity contribution in [2.24, 2.45) is 5.10 Å². The van der Waals surface area contributed by atoms with Gasteiger partial charge in [0.1, 0.15) is 10.7 Å². The van der Waals surface area contributed by atoms with E-state index in [0.717, 1.165) is 3.79 Å². The molecule has 0 aliphatic carbocycles. The van der Waals surface area contributed by atoms with E-state index < -0.39 is 4.92 Å². The summed E-state index contributed by atoms with van der Waals surface area (Å²) in [5.41, 5.74) is 2.35. The molecule has 0 aromatic carbocycles. The first kappa shape index (κ1) is 15.1. The standard InChI is InChI=1S/C12H8BrN3O4S/c13-10-5-4-9(21-10)12(17)15-14-7-1-2-8-3-6-11(20-8)16(18)19/h1-7H,(H,15,17)/b2-1+,14-7+. The van der Waals surface area contributed by atoms with Crippen LogP contribution in [0.5, 0.6) is 0 Å². The van der Waals surface area contributed by atoms with Gasteiger partial charge in [-0.25, -0.2) is 5.43 Å². The molecule has 1 amide bonds. The summed E-state index contributed by atoms with van der Waals surface area (Å²) in [4.78, 5) is 21.9. The first-order chi connectivity index (χ1) is 10.1. The Labute approximate surface area is 131 Å². The summed E-state index contributed by atoms with van der Waals surface area (Å²) in [5, 5.41) is 14.1. The van der Waals surface area contributed by atoms with E-state index in [9.17, 15) is 14.9 Å². The maximum Gasteiger partial charge on any atom is 0.433 e. The van der Waals surface area contributed by atoms with Crippen molar-refractivity contribution in [1.29, 1.82) is 0 Å². The van der Waals surface area contributed by atoms with Gasteiger partial charge in [0, 0.05) is 6.21 Å². The molecule has 0 fully saturated rings. The summed E-state index contributed by atoms with van der Waals surface area (Å²) in [6, 6.07) is 6.17. The number of thiophene rings is 1. The fraction of sp³-hybridized carbons (Fsp3) is 0. The molecule has 9 heteroatoms. The highest BCUT2D eigenvalue weighted by Gasteiger charge is 2.09. The minimum absolute atomic E-state index is 0.316. The second-order valence-electron chi connectivity index (χ2n) is 3.62. The minimum Gasteiger partial charge on any atom is -0.401 e. The van der Waals surface area contributed by atoms with Gasteiger partial charge in [-0.3, -0.25) is 14.9 Å². The molecule has 0 saturated heterocycles. The number of hydrogen-bond donors (Lipinski definition) is 1. The Kier molecular flexibility index (Phi) is 5.01. The fourth-order valence-electron chi connectivity index (χ4n) is 1.30. The van der Waals surface area contributed by atoms with Gasteiger partial charge < -0.3 is 4.42 Å². The number of rotatable bonds is 5. The number of nitrogens with one attached hydrogen (secondary N) is 1. The molecule has 2 aromatic rings. The number of hydrogen-bond acceptors (Lipinski definition) is 6. The molecular formula is C12H8BrN3O4S. The van der Waals surface area contributed by atoms with E-state index in [1.165, 1.54) is 41.8 Å². The predicted molar refractivity (Wildman–Crippen MR) is 82.4 cm³/mol. The van der Waals surface area contributed by atoms with Crippen LogP contribution in [-0.2, 0) is 0 Å². The topological polar surface area (TPSA) is 97.7 Å². The Morgan fingerprint density at radius 2 is 2.24 bits per heavy atom. The molecule has 7 nitrogen and oxygen atoms in total. The van der Waals surface area contributed by atoms with Gasteiger partial charge in [-0.2, -0.15) is 5.10 Å². The number of furan rings is 1. The van der Waals surface area contributed by atoms with E-state index >= 15 is 0 Å². The van der Waals surface area contributed by atoms with E-state index in [2.05, 4.69) is 26.5 Å². The van der Waals surface area contributed by atoms with E-state index in [1.807, 2.05) is 0 Å². The zero-order valence-corrected chi connectivity index (χ0v) is 12.8. The molecule has 2 aromatic heterocycles. The zero-order chi connectivity index (χ0) is 15.2. The molecule has 0 aliphatic rings. The SMILES string of the molecule is O=C(N/N=C/C=C/c1ccc([N+](=O)[O-])o1)c1ccc(Br)s1. The summed E-state index contributed by atoms with van der Waals surface area (Å²) in [6.07, 6.45) is 4.33. The first-order valence-corrected chi connectivity index (χ1v) is 7.17. The van der Waals surface area contributed by atoms with Gasteiger partial charge >= 0.3 is 5.88 Å². The summed E-state index contributed by atoms with van der Waals surface area (Å²) in [5.74, 6) is -0.325. The van der Waals surface area contributed by atoms with Crippen molar-refractivity contribution in [3.63, 3.8) is 0 Å². The highest BCUT2D eigenvalue weighted by atomic mass is 79.9. The number of amides is 1. The van der Waals surface area contributed by atoms with Crippen molar-refractivity contribution < 1.29 is 14.1 Å². The highest BCUT2D eigenvalue weighted by molar-refractivity contribution is 9.11. The number of hydrazone groups is 1. The Balaban J connectivity index is 1.85. The van der Waals surface area contributed by atoms with Crippen molar-refractivity contribution >= 4 is 51.3 Å². The molecule has 0 radical (unpaired) electrons. The Morgan fingerprint density at radius 3 is 2.86 bits per heavy atom. The first-order valence-electron chi connectivity index (χ1n) is 5.56. The van der Waals surface area contributed by atoms with Gasteiger partial charge in [0.15, 0.2) is 0 Å². The van der Waals surface area contributed by atoms with Crippen LogP contribution in [0.15, 0.2) is 43.6 Å². The van der Waals surface area contributed by atoms with Gasteiger partial charge in [-0.15, -0.1) is 11.3 Å². The Hall–Kier alpha value is -2.26. The molecule has 2 rings (SSSR count). The third-order valence-electron chi connectivity index (χ3n) is 2.18. The van der Waals surface area contributed by atoms with Crippen LogP contribution >= 0.6 is 27.3 Å². The Morgan fingerprint density at radius 1 is 1.43 bits per heavy atom. The molecule has 0 unspecified atom stereocenters. The number of carbonyl (C=O) groups excluding carboxylic acids is 1. The number of halogens is 1. The summed E-state index contributed by atoms with van der Waals surface area (Å²) >= 11 is 4.56. The van der Waals surface area contributed by atoms with Crippen LogP contribution in [0.25, 0.3) is 6.08 Å². The Bertz CT molecular complexity index is 720. The second kappa shape index (κ2) is 6.95. The van der Waals surface area contributed by atoms with Crippen LogP contribution in [-0.4, -0.2) is 17.0 Å². The quantitative estimate of drug-likeness (QED) is 0.495. The fourth-order valence-corrected chi connectivity index (χ4v) is 2.57. The smallest absolute Gasteiger partial charge is 0.401 e. The van der Waals surface area contributed by atoms with Crippen LogP contribution in [0.4, 0.5) is 5.88 Å². The number of nitro groups is 1. The van der Waals surface area contributed by atoms with Crippen LogP contribution in [0, 0.1) is 10.1 Å². The maximum atomic E-state index is 11.6. The number of carbonyl (C=O) groups is 1. The van der Waals surface area contributed by atoms with Crippen LogP contribution < -0.4 is 5.43 Å². The van der Waals surface area contributed by atoms with E-state index in [4.69, 9.17) is 4.42 Å². The van der Waals surface area contributed by atoms with E-state index in [-0.39, 0.29) is 11.8 Å². The molecule has 0 bridgehead atoms. The lowest BCUT2D eigenvalue weighted by Crippen LogP contribution is -2.15. The van der Waals surface area contributed by atoms with Gasteiger partial charge in [-0.05, 0) is 46.3 Å². The number of nitrogens with zero attached hydrogens (tertiary/aromatic N) is 2. The number of allylic oxidation sites excluding steroid dienone is 1. The molecule has 0 aliphatic heterocycles. The van der Waals surface area contributed by atoms with Crippen LogP contribution in [0.1, 0.15) is 15.4 Å². The maximum absolute atomic E-state index is 11.6. The van der Waals surface area contributed by atoms with Crippen LogP contribution in [0.3, 0.4) is 0 Å².